The Labute approximate surface area is 193 Å². The molecule has 3 amide bonds. The Kier molecular flexibility index (Phi) is 9.22. The number of carbonyl (C=O) groups is 4. The van der Waals surface area contributed by atoms with E-state index in [1.54, 1.807) is 12.1 Å². The molecule has 4 unspecified atom stereocenters. The summed E-state index contributed by atoms with van der Waals surface area (Å²) >= 11 is 0. The molecule has 0 saturated carbocycles. The van der Waals surface area contributed by atoms with Gasteiger partial charge in [-0.25, -0.2) is 0 Å². The largest absolute Gasteiger partial charge is 0.508 e. The summed E-state index contributed by atoms with van der Waals surface area (Å²) in [7, 11) is 0. The molecule has 1 aliphatic heterocycles. The topological polar surface area (TPSA) is 162 Å². The molecular weight excluding hydrogens is 428 g/mol. The van der Waals surface area contributed by atoms with Crippen molar-refractivity contribution in [2.45, 2.75) is 70.6 Å². The van der Waals surface area contributed by atoms with Gasteiger partial charge < -0.3 is 31.5 Å². The van der Waals surface area contributed by atoms with Crippen molar-refractivity contribution in [3.8, 4) is 5.75 Å². The van der Waals surface area contributed by atoms with Crippen molar-refractivity contribution in [1.82, 2.24) is 15.5 Å². The standard InChI is InChI=1S/C23H34N4O6/c1-13(2)11-18(26-20(29)17(24)12-15-6-8-16(28)9-7-15)22(31)27-10-4-5-19(27)21(30)25-14(3)23(32)33/h6-9,13-14,17-19,28H,4-5,10-12,24H2,1-3H3,(H,25,30)(H,26,29)(H,32,33). The summed E-state index contributed by atoms with van der Waals surface area (Å²) in [5.74, 6) is -2.34. The van der Waals surface area contributed by atoms with Gasteiger partial charge in [-0.15, -0.1) is 0 Å². The number of nitrogens with two attached hydrogens (primary N) is 1. The first-order valence-corrected chi connectivity index (χ1v) is 11.2. The molecule has 1 aromatic rings. The number of hydrogen-bond donors (Lipinski definition) is 5. The second kappa shape index (κ2) is 11.6. The van der Waals surface area contributed by atoms with Crippen LogP contribution in [-0.4, -0.2) is 69.5 Å². The number of aromatic hydroxyl groups is 1. The molecular formula is C23H34N4O6. The second-order valence-electron chi connectivity index (χ2n) is 8.93. The van der Waals surface area contributed by atoms with E-state index in [1.165, 1.54) is 24.0 Å². The third-order valence-electron chi connectivity index (χ3n) is 5.62. The number of amides is 3. The molecule has 1 saturated heterocycles. The number of carboxylic acid groups (broad SMARTS) is 1. The smallest absolute Gasteiger partial charge is 0.325 e. The van der Waals surface area contributed by atoms with Crippen molar-refractivity contribution in [3.63, 3.8) is 0 Å². The minimum Gasteiger partial charge on any atom is -0.508 e. The predicted molar refractivity (Wildman–Crippen MR) is 121 cm³/mol. The van der Waals surface area contributed by atoms with Crippen molar-refractivity contribution in [2.24, 2.45) is 11.7 Å². The molecule has 1 aliphatic rings. The zero-order valence-electron chi connectivity index (χ0n) is 19.3. The molecule has 0 bridgehead atoms. The molecule has 6 N–H and O–H groups in total. The van der Waals surface area contributed by atoms with Crippen LogP contribution in [-0.2, 0) is 25.6 Å². The summed E-state index contributed by atoms with van der Waals surface area (Å²) in [5, 5.41) is 23.6. The van der Waals surface area contributed by atoms with Gasteiger partial charge in [0.05, 0.1) is 6.04 Å². The Hall–Kier alpha value is -3.14. The molecule has 1 heterocycles. The number of nitrogens with zero attached hydrogens (tertiary/aromatic N) is 1. The van der Waals surface area contributed by atoms with Crippen LogP contribution in [0.5, 0.6) is 5.75 Å². The number of phenols is 1. The van der Waals surface area contributed by atoms with Gasteiger partial charge in [0.15, 0.2) is 0 Å². The van der Waals surface area contributed by atoms with Crippen LogP contribution in [0.15, 0.2) is 24.3 Å². The summed E-state index contributed by atoms with van der Waals surface area (Å²) in [4.78, 5) is 51.1. The van der Waals surface area contributed by atoms with Gasteiger partial charge in [-0.2, -0.15) is 0 Å². The monoisotopic (exact) mass is 462 g/mol. The lowest BCUT2D eigenvalue weighted by molar-refractivity contribution is -0.144. The Balaban J connectivity index is 2.08. The summed E-state index contributed by atoms with van der Waals surface area (Å²) in [6.45, 7) is 5.55. The minimum atomic E-state index is -1.16. The molecule has 0 aliphatic carbocycles. The average molecular weight is 463 g/mol. The number of carboxylic acids is 1. The zero-order valence-corrected chi connectivity index (χ0v) is 19.3. The lowest BCUT2D eigenvalue weighted by Gasteiger charge is -2.30. The average Bonchev–Trinajstić information content (AvgIpc) is 3.23. The maximum absolute atomic E-state index is 13.3. The molecule has 0 spiro atoms. The van der Waals surface area contributed by atoms with E-state index in [2.05, 4.69) is 10.6 Å². The van der Waals surface area contributed by atoms with E-state index in [0.717, 1.165) is 5.56 Å². The molecule has 1 aromatic carbocycles. The summed E-state index contributed by atoms with van der Waals surface area (Å²) in [5.41, 5.74) is 6.83. The highest BCUT2D eigenvalue weighted by atomic mass is 16.4. The van der Waals surface area contributed by atoms with Crippen LogP contribution < -0.4 is 16.4 Å². The zero-order chi connectivity index (χ0) is 24.7. The molecule has 33 heavy (non-hydrogen) atoms. The normalized spacial score (nSPS) is 18.5. The van der Waals surface area contributed by atoms with Gasteiger partial charge in [-0.05, 0) is 56.2 Å². The molecule has 1 fully saturated rings. The fraction of sp³-hybridized carbons (Fsp3) is 0.565. The fourth-order valence-electron chi connectivity index (χ4n) is 3.82. The number of aliphatic carboxylic acids is 1. The lowest BCUT2D eigenvalue weighted by Crippen LogP contribution is -2.57. The number of phenolic OH excluding ortho intramolecular Hbond substituents is 1. The third kappa shape index (κ3) is 7.45. The highest BCUT2D eigenvalue weighted by molar-refractivity contribution is 5.94. The Morgan fingerprint density at radius 1 is 1.12 bits per heavy atom. The van der Waals surface area contributed by atoms with E-state index < -0.39 is 42.0 Å². The number of nitrogens with one attached hydrogen (secondary N) is 2. The quantitative estimate of drug-likeness (QED) is 0.335. The highest BCUT2D eigenvalue weighted by Gasteiger charge is 2.38. The van der Waals surface area contributed by atoms with Crippen molar-refractivity contribution in [1.29, 1.82) is 0 Å². The van der Waals surface area contributed by atoms with Crippen LogP contribution in [0.2, 0.25) is 0 Å². The van der Waals surface area contributed by atoms with Crippen LogP contribution in [0.4, 0.5) is 0 Å². The van der Waals surface area contributed by atoms with E-state index in [-0.39, 0.29) is 24.0 Å². The van der Waals surface area contributed by atoms with Gasteiger partial charge in [0, 0.05) is 6.54 Å². The van der Waals surface area contributed by atoms with Gasteiger partial charge >= 0.3 is 5.97 Å². The minimum absolute atomic E-state index is 0.0921. The van der Waals surface area contributed by atoms with E-state index in [4.69, 9.17) is 10.8 Å². The predicted octanol–water partition coefficient (Wildman–Crippen LogP) is 0.373. The summed E-state index contributed by atoms with van der Waals surface area (Å²) < 4.78 is 0. The van der Waals surface area contributed by atoms with Crippen molar-refractivity contribution in [3.05, 3.63) is 29.8 Å². The number of carbonyl (C=O) groups excluding carboxylic acids is 3. The third-order valence-corrected chi connectivity index (χ3v) is 5.62. The van der Waals surface area contributed by atoms with Gasteiger partial charge in [-0.3, -0.25) is 19.2 Å². The van der Waals surface area contributed by atoms with Crippen LogP contribution in [0.25, 0.3) is 0 Å². The molecule has 0 aromatic heterocycles. The lowest BCUT2D eigenvalue weighted by atomic mass is 10.0. The van der Waals surface area contributed by atoms with E-state index in [1.807, 2.05) is 13.8 Å². The SMILES string of the molecule is CC(C)CC(NC(=O)C(N)Cc1ccc(O)cc1)C(=O)N1CCCC1C(=O)NC(C)C(=O)O. The van der Waals surface area contributed by atoms with E-state index in [9.17, 15) is 24.3 Å². The molecule has 2 rings (SSSR count). The van der Waals surface area contributed by atoms with Crippen molar-refractivity contribution >= 4 is 23.7 Å². The van der Waals surface area contributed by atoms with Crippen molar-refractivity contribution in [2.75, 3.05) is 6.54 Å². The number of hydrogen-bond acceptors (Lipinski definition) is 6. The van der Waals surface area contributed by atoms with Crippen molar-refractivity contribution < 1.29 is 29.4 Å². The number of benzene rings is 1. The van der Waals surface area contributed by atoms with Gasteiger partial charge in [-0.1, -0.05) is 26.0 Å². The number of rotatable bonds is 10. The molecule has 10 nitrogen and oxygen atoms in total. The van der Waals surface area contributed by atoms with Crippen LogP contribution >= 0.6 is 0 Å². The Bertz CT molecular complexity index is 857. The van der Waals surface area contributed by atoms with Crippen LogP contribution in [0.1, 0.15) is 45.6 Å². The number of likely N-dealkylation sites (tertiary alicyclic amines) is 1. The van der Waals surface area contributed by atoms with E-state index >= 15 is 0 Å². The van der Waals surface area contributed by atoms with Crippen LogP contribution in [0.3, 0.4) is 0 Å². The van der Waals surface area contributed by atoms with Gasteiger partial charge in [0.2, 0.25) is 17.7 Å². The first kappa shape index (κ1) is 26.1. The first-order valence-electron chi connectivity index (χ1n) is 11.2. The Morgan fingerprint density at radius 2 is 1.76 bits per heavy atom. The molecule has 182 valence electrons. The molecule has 10 heteroatoms. The molecule has 0 radical (unpaired) electrons. The molecule has 4 atom stereocenters. The van der Waals surface area contributed by atoms with Gasteiger partial charge in [0.1, 0.15) is 23.9 Å². The summed E-state index contributed by atoms with van der Waals surface area (Å²) in [6.07, 6.45) is 1.63. The Morgan fingerprint density at radius 3 is 2.33 bits per heavy atom. The van der Waals surface area contributed by atoms with Crippen LogP contribution in [0, 0.1) is 5.92 Å². The summed E-state index contributed by atoms with van der Waals surface area (Å²) in [6, 6.07) is 2.76. The highest BCUT2D eigenvalue weighted by Crippen LogP contribution is 2.21. The maximum atomic E-state index is 13.3. The van der Waals surface area contributed by atoms with Gasteiger partial charge in [0.25, 0.3) is 0 Å². The van der Waals surface area contributed by atoms with E-state index in [0.29, 0.717) is 25.8 Å². The maximum Gasteiger partial charge on any atom is 0.325 e. The second-order valence-corrected chi connectivity index (χ2v) is 8.93. The fourth-order valence-corrected chi connectivity index (χ4v) is 3.82. The first-order chi connectivity index (χ1) is 15.5.